The third-order valence-electron chi connectivity index (χ3n) is 2.95. The molecule has 1 aliphatic carbocycles. The van der Waals surface area contributed by atoms with Crippen LogP contribution in [0.25, 0.3) is 5.76 Å². The summed E-state index contributed by atoms with van der Waals surface area (Å²) in [7, 11) is 0. The van der Waals surface area contributed by atoms with Crippen LogP contribution in [0.5, 0.6) is 0 Å². The number of benzene rings is 1. The lowest BCUT2D eigenvalue weighted by Crippen LogP contribution is -2.23. The van der Waals surface area contributed by atoms with Crippen LogP contribution in [0.3, 0.4) is 0 Å². The van der Waals surface area contributed by atoms with Gasteiger partial charge in [-0.15, -0.1) is 0 Å². The van der Waals surface area contributed by atoms with Gasteiger partial charge in [0.1, 0.15) is 11.4 Å². The Bertz CT molecular complexity index is 466. The summed E-state index contributed by atoms with van der Waals surface area (Å²) in [5, 5.41) is 0. The van der Waals surface area contributed by atoms with Crippen LogP contribution in [-0.4, -0.2) is 11.8 Å². The number of carbonyl (C=O) groups excluding carboxylic acids is 1. The summed E-state index contributed by atoms with van der Waals surface area (Å²) in [6.07, 6.45) is 3.13. The number of hydrogen-bond donors (Lipinski definition) is 0. The molecule has 1 spiro atoms. The van der Waals surface area contributed by atoms with E-state index >= 15 is 0 Å². The molecule has 0 aromatic heterocycles. The van der Waals surface area contributed by atoms with Gasteiger partial charge in [0.25, 0.3) is 0 Å². The molecule has 1 heterocycles. The molecule has 0 radical (unpaired) electrons. The second kappa shape index (κ2) is 3.11. The average Bonchev–Trinajstić information content (AvgIpc) is 2.97. The van der Waals surface area contributed by atoms with E-state index < -0.39 is 6.16 Å². The monoisotopic (exact) mass is 216 g/mol. The summed E-state index contributed by atoms with van der Waals surface area (Å²) in [6.45, 7) is 2.02. The van der Waals surface area contributed by atoms with E-state index in [1.807, 2.05) is 37.3 Å². The fourth-order valence-corrected chi connectivity index (χ4v) is 1.80. The summed E-state index contributed by atoms with van der Waals surface area (Å²) in [5.74, 6) is 0.619. The summed E-state index contributed by atoms with van der Waals surface area (Å²) >= 11 is 0. The number of aryl methyl sites for hydroxylation is 1. The van der Waals surface area contributed by atoms with Crippen molar-refractivity contribution < 1.29 is 14.3 Å². The van der Waals surface area contributed by atoms with Crippen molar-refractivity contribution in [2.24, 2.45) is 0 Å². The molecule has 0 amide bonds. The number of rotatable bonds is 1. The maximum atomic E-state index is 11.3. The zero-order valence-corrected chi connectivity index (χ0v) is 9.03. The molecule has 3 heteroatoms. The van der Waals surface area contributed by atoms with E-state index in [2.05, 4.69) is 0 Å². The second-order valence-electron chi connectivity index (χ2n) is 4.39. The molecule has 2 aliphatic rings. The molecule has 0 unspecified atom stereocenters. The van der Waals surface area contributed by atoms with Crippen LogP contribution in [0, 0.1) is 6.92 Å². The minimum absolute atomic E-state index is 0.366. The van der Waals surface area contributed by atoms with Gasteiger partial charge in [0.15, 0.2) is 0 Å². The minimum Gasteiger partial charge on any atom is -0.423 e. The van der Waals surface area contributed by atoms with E-state index in [4.69, 9.17) is 9.47 Å². The van der Waals surface area contributed by atoms with Crippen LogP contribution in [0.1, 0.15) is 24.0 Å². The first kappa shape index (κ1) is 9.46. The van der Waals surface area contributed by atoms with Crippen LogP contribution in [-0.2, 0) is 9.47 Å². The van der Waals surface area contributed by atoms with Crippen LogP contribution in [0.15, 0.2) is 30.3 Å². The standard InChI is InChI=1S/C13H12O3/c1-9-2-4-10(5-3-9)11-8-13(6-7-13)16-12(14)15-11/h2-5,8H,6-7H2,1H3. The Morgan fingerprint density at radius 2 is 1.88 bits per heavy atom. The maximum Gasteiger partial charge on any atom is 0.514 e. The van der Waals surface area contributed by atoms with Crippen LogP contribution in [0.4, 0.5) is 4.79 Å². The van der Waals surface area contributed by atoms with Crippen molar-refractivity contribution in [3.05, 3.63) is 41.5 Å². The van der Waals surface area contributed by atoms with E-state index in [0.717, 1.165) is 18.4 Å². The van der Waals surface area contributed by atoms with Gasteiger partial charge in [-0.05, 0) is 19.8 Å². The molecule has 1 aliphatic heterocycles. The van der Waals surface area contributed by atoms with Gasteiger partial charge in [-0.3, -0.25) is 0 Å². The van der Waals surface area contributed by atoms with Gasteiger partial charge in [-0.1, -0.05) is 29.8 Å². The van der Waals surface area contributed by atoms with Gasteiger partial charge in [-0.2, -0.15) is 0 Å². The zero-order chi connectivity index (χ0) is 11.2. The third kappa shape index (κ3) is 1.58. The smallest absolute Gasteiger partial charge is 0.423 e. The van der Waals surface area contributed by atoms with E-state index in [-0.39, 0.29) is 5.60 Å². The average molecular weight is 216 g/mol. The highest BCUT2D eigenvalue weighted by atomic mass is 16.7. The first-order valence-corrected chi connectivity index (χ1v) is 5.38. The van der Waals surface area contributed by atoms with Gasteiger partial charge >= 0.3 is 6.16 Å². The van der Waals surface area contributed by atoms with Crippen molar-refractivity contribution in [3.63, 3.8) is 0 Å². The molecule has 0 atom stereocenters. The van der Waals surface area contributed by atoms with Gasteiger partial charge < -0.3 is 9.47 Å². The van der Waals surface area contributed by atoms with Gasteiger partial charge in [0.05, 0.1) is 0 Å². The molecule has 0 saturated heterocycles. The Kier molecular flexibility index (Phi) is 1.84. The molecule has 1 fully saturated rings. The first-order valence-electron chi connectivity index (χ1n) is 5.38. The summed E-state index contributed by atoms with van der Waals surface area (Å²) < 4.78 is 10.2. The predicted octanol–water partition coefficient (Wildman–Crippen LogP) is 3.04. The fourth-order valence-electron chi connectivity index (χ4n) is 1.80. The molecular formula is C13H12O3. The molecule has 3 nitrogen and oxygen atoms in total. The van der Waals surface area contributed by atoms with E-state index in [9.17, 15) is 4.79 Å². The molecule has 16 heavy (non-hydrogen) atoms. The maximum absolute atomic E-state index is 11.3. The molecular weight excluding hydrogens is 204 g/mol. The second-order valence-corrected chi connectivity index (χ2v) is 4.39. The molecule has 1 aromatic carbocycles. The van der Waals surface area contributed by atoms with Crippen molar-refractivity contribution >= 4 is 11.9 Å². The lowest BCUT2D eigenvalue weighted by Gasteiger charge is -2.20. The van der Waals surface area contributed by atoms with Gasteiger partial charge in [0, 0.05) is 11.6 Å². The molecule has 1 saturated carbocycles. The van der Waals surface area contributed by atoms with Gasteiger partial charge in [-0.25, -0.2) is 4.79 Å². The highest BCUT2D eigenvalue weighted by molar-refractivity contribution is 5.77. The van der Waals surface area contributed by atoms with Gasteiger partial charge in [0.2, 0.25) is 0 Å². The fraction of sp³-hybridized carbons (Fsp3) is 0.308. The number of carbonyl (C=O) groups is 1. The number of cyclic esters (lactones) is 1. The highest BCUT2D eigenvalue weighted by Gasteiger charge is 2.49. The first-order chi connectivity index (χ1) is 7.67. The SMILES string of the molecule is Cc1ccc(C2=CC3(CC3)OC(=O)O2)cc1. The molecule has 1 aromatic rings. The Morgan fingerprint density at radius 1 is 1.19 bits per heavy atom. The Hall–Kier alpha value is -1.77. The number of hydrogen-bond acceptors (Lipinski definition) is 3. The predicted molar refractivity (Wildman–Crippen MR) is 58.7 cm³/mol. The molecule has 82 valence electrons. The lowest BCUT2D eigenvalue weighted by molar-refractivity contribution is 0.0465. The molecule has 0 N–H and O–H groups in total. The van der Waals surface area contributed by atoms with Crippen molar-refractivity contribution in [1.29, 1.82) is 0 Å². The van der Waals surface area contributed by atoms with Crippen LogP contribution >= 0.6 is 0 Å². The summed E-state index contributed by atoms with van der Waals surface area (Å²) in [6, 6.07) is 7.91. The Balaban J connectivity index is 1.97. The van der Waals surface area contributed by atoms with Crippen molar-refractivity contribution in [3.8, 4) is 0 Å². The van der Waals surface area contributed by atoms with E-state index in [1.165, 1.54) is 5.56 Å². The Labute approximate surface area is 93.7 Å². The topological polar surface area (TPSA) is 35.5 Å². The van der Waals surface area contributed by atoms with Crippen LogP contribution < -0.4 is 0 Å². The Morgan fingerprint density at radius 3 is 2.50 bits per heavy atom. The minimum atomic E-state index is -0.587. The largest absolute Gasteiger partial charge is 0.514 e. The molecule has 0 bridgehead atoms. The summed E-state index contributed by atoms with van der Waals surface area (Å²) in [5.41, 5.74) is 1.74. The number of ether oxygens (including phenoxy) is 2. The lowest BCUT2D eigenvalue weighted by atomic mass is 10.1. The highest BCUT2D eigenvalue weighted by Crippen LogP contribution is 2.45. The van der Waals surface area contributed by atoms with Crippen molar-refractivity contribution in [2.75, 3.05) is 0 Å². The van der Waals surface area contributed by atoms with Crippen molar-refractivity contribution in [1.82, 2.24) is 0 Å². The van der Waals surface area contributed by atoms with Crippen molar-refractivity contribution in [2.45, 2.75) is 25.4 Å². The van der Waals surface area contributed by atoms with E-state index in [0.29, 0.717) is 5.76 Å². The summed E-state index contributed by atoms with van der Waals surface area (Å²) in [4.78, 5) is 11.3. The third-order valence-corrected chi connectivity index (χ3v) is 2.95. The van der Waals surface area contributed by atoms with E-state index in [1.54, 1.807) is 0 Å². The zero-order valence-electron chi connectivity index (χ0n) is 9.03. The van der Waals surface area contributed by atoms with Crippen LogP contribution in [0.2, 0.25) is 0 Å². The molecule has 3 rings (SSSR count). The normalized spacial score (nSPS) is 21.1. The quantitative estimate of drug-likeness (QED) is 0.677.